The van der Waals surface area contributed by atoms with Crippen LogP contribution < -0.4 is 10.6 Å². The van der Waals surface area contributed by atoms with Gasteiger partial charge < -0.3 is 10.6 Å². The number of amides is 2. The highest BCUT2D eigenvalue weighted by Crippen LogP contribution is 2.45. The van der Waals surface area contributed by atoms with E-state index in [2.05, 4.69) is 35.8 Å². The van der Waals surface area contributed by atoms with E-state index in [0.29, 0.717) is 29.3 Å². The summed E-state index contributed by atoms with van der Waals surface area (Å²) in [4.78, 5) is 32.6. The number of nitrogens with zero attached hydrogens (tertiary/aromatic N) is 7. The number of pyridine rings is 2. The van der Waals surface area contributed by atoms with Crippen LogP contribution in [0.2, 0.25) is 0 Å². The lowest BCUT2D eigenvalue weighted by atomic mass is 9.75. The van der Waals surface area contributed by atoms with Crippen molar-refractivity contribution in [3.63, 3.8) is 0 Å². The number of aromatic nitrogens is 6. The Hall–Kier alpha value is -4.12. The van der Waals surface area contributed by atoms with Crippen molar-refractivity contribution in [1.29, 1.82) is 0 Å². The summed E-state index contributed by atoms with van der Waals surface area (Å²) in [5, 5.41) is 18.3. The van der Waals surface area contributed by atoms with Crippen LogP contribution in [-0.2, 0) is 11.8 Å². The quantitative estimate of drug-likeness (QED) is 0.418. The smallest absolute Gasteiger partial charge is 0.294 e. The summed E-state index contributed by atoms with van der Waals surface area (Å²) < 4.78 is 3.36. The van der Waals surface area contributed by atoms with Gasteiger partial charge in [0.15, 0.2) is 5.65 Å². The van der Waals surface area contributed by atoms with E-state index in [1.54, 1.807) is 40.7 Å². The molecule has 0 bridgehead atoms. The van der Waals surface area contributed by atoms with Crippen molar-refractivity contribution in [2.45, 2.75) is 44.6 Å². The first kappa shape index (κ1) is 23.3. The van der Waals surface area contributed by atoms with Crippen molar-refractivity contribution < 1.29 is 9.59 Å². The molecule has 2 N–H and O–H groups in total. The number of aryl methyl sites for hydroxylation is 2. The highest BCUT2D eigenvalue weighted by molar-refractivity contribution is 6.03. The Morgan fingerprint density at radius 1 is 1.05 bits per heavy atom. The maximum absolute atomic E-state index is 13.1. The molecule has 4 aromatic heterocycles. The highest BCUT2D eigenvalue weighted by atomic mass is 16.2. The van der Waals surface area contributed by atoms with E-state index >= 15 is 0 Å². The monoisotopic (exact) mass is 499 g/mol. The molecule has 0 radical (unpaired) electrons. The van der Waals surface area contributed by atoms with Gasteiger partial charge in [-0.05, 0) is 69.3 Å². The van der Waals surface area contributed by atoms with Crippen molar-refractivity contribution in [3.8, 4) is 11.1 Å². The predicted octanol–water partition coefficient (Wildman–Crippen LogP) is 3.04. The maximum atomic E-state index is 13.1. The number of fused-ring (bicyclic) bond motifs is 1. The molecular formula is C26H29N9O2. The molecule has 2 aliphatic rings. The second kappa shape index (κ2) is 9.07. The average Bonchev–Trinajstić information content (AvgIpc) is 3.58. The van der Waals surface area contributed by atoms with E-state index in [0.717, 1.165) is 24.1 Å². The van der Waals surface area contributed by atoms with Crippen molar-refractivity contribution >= 4 is 28.8 Å². The number of likely N-dealkylation sites (tertiary alicyclic amines) is 1. The van der Waals surface area contributed by atoms with Gasteiger partial charge in [0.2, 0.25) is 11.7 Å². The van der Waals surface area contributed by atoms with Gasteiger partial charge in [0.05, 0.1) is 36.0 Å². The van der Waals surface area contributed by atoms with Crippen molar-refractivity contribution in [1.82, 2.24) is 34.3 Å². The Labute approximate surface area is 213 Å². The minimum atomic E-state index is -0.418. The van der Waals surface area contributed by atoms with E-state index in [1.807, 2.05) is 25.4 Å². The van der Waals surface area contributed by atoms with Crippen LogP contribution in [0.5, 0.6) is 0 Å². The summed E-state index contributed by atoms with van der Waals surface area (Å²) in [6.45, 7) is 3.15. The van der Waals surface area contributed by atoms with Crippen LogP contribution in [0, 0.1) is 6.92 Å². The lowest BCUT2D eigenvalue weighted by molar-refractivity contribution is -0.119. The number of nitrogens with one attached hydrogen (secondary N) is 2. The molecule has 0 unspecified atom stereocenters. The van der Waals surface area contributed by atoms with Gasteiger partial charge in [-0.3, -0.25) is 28.6 Å². The largest absolute Gasteiger partial charge is 0.324 e. The fourth-order valence-corrected chi connectivity index (χ4v) is 5.47. The number of carbonyl (C=O) groups is 2. The zero-order valence-electron chi connectivity index (χ0n) is 20.9. The van der Waals surface area contributed by atoms with Crippen LogP contribution >= 0.6 is 0 Å². The van der Waals surface area contributed by atoms with Crippen LogP contribution in [-0.4, -0.2) is 64.7 Å². The summed E-state index contributed by atoms with van der Waals surface area (Å²) in [5.41, 5.74) is 4.35. The molecule has 4 aromatic rings. The molecule has 2 fully saturated rings. The fourth-order valence-electron chi connectivity index (χ4n) is 5.47. The van der Waals surface area contributed by atoms with Crippen LogP contribution in [0.3, 0.4) is 0 Å². The van der Waals surface area contributed by atoms with Crippen LogP contribution in [0.1, 0.15) is 48.4 Å². The molecule has 11 heteroatoms. The molecule has 1 aliphatic carbocycles. The van der Waals surface area contributed by atoms with Crippen LogP contribution in [0.25, 0.3) is 16.8 Å². The topological polar surface area (TPSA) is 122 Å². The van der Waals surface area contributed by atoms with Crippen LogP contribution in [0.15, 0.2) is 43.0 Å². The Kier molecular flexibility index (Phi) is 5.71. The fraction of sp³-hybridized carbons (Fsp3) is 0.385. The summed E-state index contributed by atoms with van der Waals surface area (Å²) in [7, 11) is 1.86. The average molecular weight is 500 g/mol. The van der Waals surface area contributed by atoms with Gasteiger partial charge in [-0.15, -0.1) is 10.2 Å². The van der Waals surface area contributed by atoms with E-state index in [1.165, 1.54) is 25.7 Å². The van der Waals surface area contributed by atoms with Crippen molar-refractivity contribution in [2.75, 3.05) is 23.7 Å². The first-order valence-electron chi connectivity index (χ1n) is 12.6. The Bertz CT molecular complexity index is 1500. The van der Waals surface area contributed by atoms with Gasteiger partial charge in [0, 0.05) is 30.5 Å². The molecule has 1 saturated carbocycles. The third-order valence-electron chi connectivity index (χ3n) is 7.63. The molecule has 2 amide bonds. The number of carbonyl (C=O) groups excluding carboxylic acids is 2. The minimum absolute atomic E-state index is 0.0658. The van der Waals surface area contributed by atoms with Gasteiger partial charge in [-0.2, -0.15) is 5.10 Å². The lowest BCUT2D eigenvalue weighted by Crippen LogP contribution is -2.51. The molecule has 37 heavy (non-hydrogen) atoms. The Morgan fingerprint density at radius 3 is 2.65 bits per heavy atom. The van der Waals surface area contributed by atoms with Crippen molar-refractivity contribution in [3.05, 3.63) is 54.5 Å². The van der Waals surface area contributed by atoms with Crippen molar-refractivity contribution in [2.24, 2.45) is 7.05 Å². The second-order valence-electron chi connectivity index (χ2n) is 10.0. The van der Waals surface area contributed by atoms with Gasteiger partial charge in [-0.25, -0.2) is 0 Å². The highest BCUT2D eigenvalue weighted by Gasteiger charge is 2.45. The van der Waals surface area contributed by atoms with Gasteiger partial charge in [0.1, 0.15) is 0 Å². The molecule has 0 aromatic carbocycles. The van der Waals surface area contributed by atoms with E-state index in [9.17, 15) is 9.59 Å². The molecule has 190 valence electrons. The third kappa shape index (κ3) is 4.35. The Balaban J connectivity index is 1.15. The first-order chi connectivity index (χ1) is 17.9. The zero-order valence-corrected chi connectivity index (χ0v) is 20.9. The van der Waals surface area contributed by atoms with Crippen LogP contribution in [0.4, 0.5) is 11.4 Å². The molecule has 6 rings (SSSR count). The van der Waals surface area contributed by atoms with E-state index < -0.39 is 5.91 Å². The number of anilines is 2. The molecular weight excluding hydrogens is 470 g/mol. The predicted molar refractivity (Wildman–Crippen MR) is 138 cm³/mol. The normalized spacial score (nSPS) is 16.7. The summed E-state index contributed by atoms with van der Waals surface area (Å²) in [6, 6.07) is 5.48. The summed E-state index contributed by atoms with van der Waals surface area (Å²) in [5.74, 6) is -0.329. The van der Waals surface area contributed by atoms with Gasteiger partial charge in [-0.1, -0.05) is 0 Å². The maximum Gasteiger partial charge on any atom is 0.294 e. The van der Waals surface area contributed by atoms with Gasteiger partial charge >= 0.3 is 0 Å². The van der Waals surface area contributed by atoms with E-state index in [4.69, 9.17) is 0 Å². The zero-order chi connectivity index (χ0) is 25.6. The molecule has 1 spiro atoms. The second-order valence-corrected chi connectivity index (χ2v) is 10.0. The molecule has 5 heterocycles. The third-order valence-corrected chi connectivity index (χ3v) is 7.63. The number of hydrogen-bond donors (Lipinski definition) is 2. The summed E-state index contributed by atoms with van der Waals surface area (Å²) >= 11 is 0. The lowest BCUT2D eigenvalue weighted by Gasteiger charge is -2.45. The molecule has 1 aliphatic heterocycles. The molecule has 11 nitrogen and oxygen atoms in total. The number of rotatable bonds is 6. The SMILES string of the molecule is Cc1ncc(NC(=O)CN2CCCC23CCC3)cc1NC(=O)c1nnc2cc(-c3cnn(C)c3)ccn12. The first-order valence-corrected chi connectivity index (χ1v) is 12.6. The molecule has 1 saturated heterocycles. The standard InChI is InChI=1S/C26H29N9O2/c1-17-21(12-20(14-27-17)29-23(36)16-34-9-4-8-26(34)6-3-7-26)30-25(37)24-32-31-22-11-18(5-10-35(22)24)19-13-28-33(2)15-19/h5,10-15H,3-4,6-9,16H2,1-2H3,(H,29,36)(H,30,37). The van der Waals surface area contributed by atoms with Gasteiger partial charge in [0.25, 0.3) is 5.91 Å². The van der Waals surface area contributed by atoms with E-state index in [-0.39, 0.29) is 17.3 Å². The number of hydrogen-bond acceptors (Lipinski definition) is 7. The summed E-state index contributed by atoms with van der Waals surface area (Å²) in [6.07, 6.45) is 13.0. The molecule has 0 atom stereocenters. The minimum Gasteiger partial charge on any atom is -0.324 e. The Morgan fingerprint density at radius 2 is 1.89 bits per heavy atom.